The highest BCUT2D eigenvalue weighted by molar-refractivity contribution is 5.64. The molecule has 0 amide bonds. The quantitative estimate of drug-likeness (QED) is 0.115. The van der Waals surface area contributed by atoms with Gasteiger partial charge in [-0.3, -0.25) is 0 Å². The first kappa shape index (κ1) is 37.8. The number of ether oxygens (including phenoxy) is 1. The Morgan fingerprint density at radius 1 is 0.514 bits per heavy atom. The molecule has 5 nitrogen and oxygen atoms in total. The van der Waals surface area contributed by atoms with Gasteiger partial charge < -0.3 is 24.5 Å². The minimum atomic E-state index is -0.909. The molecule has 0 aliphatic carbocycles. The van der Waals surface area contributed by atoms with Crippen molar-refractivity contribution >= 4 is 11.9 Å². The van der Waals surface area contributed by atoms with E-state index in [1.165, 1.54) is 89.9 Å². The molecule has 0 rings (SSSR count). The maximum atomic E-state index is 10.1. The van der Waals surface area contributed by atoms with Crippen LogP contribution in [-0.4, -0.2) is 11.9 Å². The van der Waals surface area contributed by atoms with Gasteiger partial charge in [-0.15, -0.1) is 0 Å². The molecule has 0 heterocycles. The first-order valence-corrected chi connectivity index (χ1v) is 14.2. The lowest BCUT2D eigenvalue weighted by atomic mass is 10.1. The second kappa shape index (κ2) is 36.8. The Kier molecular flexibility index (Phi) is 39.7. The molecule has 0 atom stereocenters. The third-order valence-electron chi connectivity index (χ3n) is 5.40. The van der Waals surface area contributed by atoms with Gasteiger partial charge in [-0.2, -0.15) is 0 Å². The lowest BCUT2D eigenvalue weighted by molar-refractivity contribution is -0.307. The van der Waals surface area contributed by atoms with E-state index in [9.17, 15) is 19.8 Å². The zero-order chi connectivity index (χ0) is 26.8. The van der Waals surface area contributed by atoms with Crippen LogP contribution in [0, 0.1) is 0 Å². The Morgan fingerprint density at radius 2 is 0.771 bits per heavy atom. The molecule has 0 radical (unpaired) electrons. The maximum absolute atomic E-state index is 10.1. The average molecular weight is 497 g/mol. The summed E-state index contributed by atoms with van der Waals surface area (Å²) in [7, 11) is 0. The van der Waals surface area contributed by atoms with E-state index in [4.69, 9.17) is 4.74 Å². The standard InChI is InChI=1S/2C12H24O2.C6H10O/c2*1-2-3-4-5-6-7-8-9-10-11-12(13)14;1-3-5-7-6-4-2/h2*2-11H2,1H3,(H,13,14);3-6H,1-2H3/p-2/b;;5-3+,6-4+. The monoisotopic (exact) mass is 496 g/mol. The van der Waals surface area contributed by atoms with Gasteiger partial charge in [-0.05, 0) is 39.5 Å². The number of aliphatic carboxylic acids is 2. The Balaban J connectivity index is -0.000000465. The van der Waals surface area contributed by atoms with Crippen molar-refractivity contribution in [3.63, 3.8) is 0 Å². The van der Waals surface area contributed by atoms with E-state index >= 15 is 0 Å². The smallest absolute Gasteiger partial charge is 0.0858 e. The fourth-order valence-corrected chi connectivity index (χ4v) is 3.36. The van der Waals surface area contributed by atoms with Gasteiger partial charge in [0.15, 0.2) is 0 Å². The molecule has 0 N–H and O–H groups in total. The number of carbonyl (C=O) groups is 2. The fraction of sp³-hybridized carbons (Fsp3) is 0.800. The molecule has 0 spiro atoms. The number of hydrogen-bond acceptors (Lipinski definition) is 5. The number of unbranched alkanes of at least 4 members (excludes halogenated alkanes) is 16. The summed E-state index contributed by atoms with van der Waals surface area (Å²) in [5.41, 5.74) is 0. The third-order valence-corrected chi connectivity index (χ3v) is 5.40. The Bertz CT molecular complexity index is 429. The molecule has 35 heavy (non-hydrogen) atoms. The molecule has 0 saturated carbocycles. The van der Waals surface area contributed by atoms with E-state index in [1.54, 1.807) is 12.5 Å². The van der Waals surface area contributed by atoms with Crippen molar-refractivity contribution in [3.05, 3.63) is 24.7 Å². The zero-order valence-electron chi connectivity index (χ0n) is 23.5. The number of carboxylic acid groups (broad SMARTS) is 2. The number of rotatable bonds is 22. The molecule has 0 saturated heterocycles. The second-order valence-corrected chi connectivity index (χ2v) is 8.98. The lowest BCUT2D eigenvalue weighted by Crippen LogP contribution is -2.21. The molecule has 5 heteroatoms. The minimum absolute atomic E-state index is 0.232. The van der Waals surface area contributed by atoms with E-state index in [0.29, 0.717) is 0 Å². The van der Waals surface area contributed by atoms with Crippen LogP contribution >= 0.6 is 0 Å². The average Bonchev–Trinajstić information content (AvgIpc) is 2.83. The highest BCUT2D eigenvalue weighted by Gasteiger charge is 1.93. The van der Waals surface area contributed by atoms with Crippen LogP contribution in [0.1, 0.15) is 156 Å². The van der Waals surface area contributed by atoms with Crippen molar-refractivity contribution in [1.29, 1.82) is 0 Å². The summed E-state index contributed by atoms with van der Waals surface area (Å²) in [6.07, 6.45) is 29.2. The largest absolute Gasteiger partial charge is 0.550 e. The molecular weight excluding hydrogens is 440 g/mol. The van der Waals surface area contributed by atoms with Crippen molar-refractivity contribution < 1.29 is 24.5 Å². The summed E-state index contributed by atoms with van der Waals surface area (Å²) in [6.45, 7) is 8.26. The van der Waals surface area contributed by atoms with Gasteiger partial charge in [0.1, 0.15) is 0 Å². The van der Waals surface area contributed by atoms with Crippen LogP contribution in [0.4, 0.5) is 0 Å². The summed E-state index contributed by atoms with van der Waals surface area (Å²) in [5, 5.41) is 20.2. The first-order chi connectivity index (χ1) is 17.0. The molecule has 0 aliphatic rings. The molecule has 208 valence electrons. The highest BCUT2D eigenvalue weighted by Crippen LogP contribution is 2.11. The van der Waals surface area contributed by atoms with Crippen molar-refractivity contribution in [2.45, 2.75) is 156 Å². The van der Waals surface area contributed by atoms with E-state index in [1.807, 2.05) is 26.0 Å². The number of carboxylic acids is 2. The van der Waals surface area contributed by atoms with Crippen LogP contribution in [-0.2, 0) is 14.3 Å². The molecule has 0 aliphatic heterocycles. The fourth-order valence-electron chi connectivity index (χ4n) is 3.36. The number of hydrogen-bond donors (Lipinski definition) is 0. The predicted octanol–water partition coefficient (Wildman–Crippen LogP) is 7.38. The molecular formula is C30H56O5-2. The molecule has 0 aromatic heterocycles. The molecule has 0 unspecified atom stereocenters. The van der Waals surface area contributed by atoms with Crippen molar-refractivity contribution in [2.24, 2.45) is 0 Å². The van der Waals surface area contributed by atoms with Crippen molar-refractivity contribution in [2.75, 3.05) is 0 Å². The maximum Gasteiger partial charge on any atom is 0.0858 e. The van der Waals surface area contributed by atoms with Gasteiger partial charge >= 0.3 is 0 Å². The number of carbonyl (C=O) groups excluding carboxylic acids is 2. The van der Waals surface area contributed by atoms with Gasteiger partial charge in [-0.1, -0.05) is 129 Å². The Labute approximate surface area is 217 Å². The summed E-state index contributed by atoms with van der Waals surface area (Å²) < 4.78 is 4.77. The molecule has 0 aromatic rings. The van der Waals surface area contributed by atoms with Gasteiger partial charge in [-0.25, -0.2) is 0 Å². The van der Waals surface area contributed by atoms with Gasteiger partial charge in [0.25, 0.3) is 0 Å². The Hall–Kier alpha value is -1.78. The second-order valence-electron chi connectivity index (χ2n) is 8.98. The van der Waals surface area contributed by atoms with Gasteiger partial charge in [0, 0.05) is 11.9 Å². The summed E-state index contributed by atoms with van der Waals surface area (Å²) in [6, 6.07) is 0. The van der Waals surface area contributed by atoms with Crippen molar-refractivity contribution in [3.8, 4) is 0 Å². The Morgan fingerprint density at radius 3 is 1.00 bits per heavy atom. The van der Waals surface area contributed by atoms with E-state index in [2.05, 4.69) is 13.8 Å². The van der Waals surface area contributed by atoms with E-state index < -0.39 is 11.9 Å². The van der Waals surface area contributed by atoms with Crippen LogP contribution in [0.25, 0.3) is 0 Å². The SMILES string of the molecule is C/C=C/O/C=C/C.CCCCCCCCCCCC(=O)[O-].CCCCCCCCCCCC(=O)[O-]. The van der Waals surface area contributed by atoms with E-state index in [-0.39, 0.29) is 12.8 Å². The van der Waals surface area contributed by atoms with Gasteiger partial charge in [0.05, 0.1) is 12.5 Å². The first-order valence-electron chi connectivity index (χ1n) is 14.2. The van der Waals surface area contributed by atoms with Crippen LogP contribution in [0.3, 0.4) is 0 Å². The lowest BCUT2D eigenvalue weighted by Gasteiger charge is -2.02. The van der Waals surface area contributed by atoms with Gasteiger partial charge in [0.2, 0.25) is 0 Å². The molecule has 0 aromatic carbocycles. The van der Waals surface area contributed by atoms with Crippen LogP contribution in [0.2, 0.25) is 0 Å². The molecule has 0 bridgehead atoms. The summed E-state index contributed by atoms with van der Waals surface area (Å²) in [5.74, 6) is -1.82. The zero-order valence-corrected chi connectivity index (χ0v) is 23.5. The third kappa shape index (κ3) is 50.2. The van der Waals surface area contributed by atoms with Crippen LogP contribution < -0.4 is 10.2 Å². The van der Waals surface area contributed by atoms with Crippen LogP contribution in [0.15, 0.2) is 24.7 Å². The van der Waals surface area contributed by atoms with Crippen LogP contribution in [0.5, 0.6) is 0 Å². The normalized spacial score (nSPS) is 10.5. The summed E-state index contributed by atoms with van der Waals surface area (Å²) in [4.78, 5) is 20.2. The highest BCUT2D eigenvalue weighted by atomic mass is 16.5. The molecule has 0 fully saturated rings. The topological polar surface area (TPSA) is 89.5 Å². The predicted molar refractivity (Wildman–Crippen MR) is 144 cm³/mol. The van der Waals surface area contributed by atoms with E-state index in [0.717, 1.165) is 25.7 Å². The van der Waals surface area contributed by atoms with Crippen molar-refractivity contribution in [1.82, 2.24) is 0 Å². The number of allylic oxidation sites excluding steroid dienone is 2. The summed E-state index contributed by atoms with van der Waals surface area (Å²) >= 11 is 0. The minimum Gasteiger partial charge on any atom is -0.550 e.